The average molecular weight is 478 g/mol. The van der Waals surface area contributed by atoms with Crippen molar-refractivity contribution in [3.63, 3.8) is 0 Å². The van der Waals surface area contributed by atoms with Gasteiger partial charge in [-0.1, -0.05) is 24.3 Å². The number of β-amino-alcohol motifs (C(OH)–C–C–N with tert-alkyl or cyclic N) is 1. The van der Waals surface area contributed by atoms with Gasteiger partial charge in [-0.15, -0.1) is 0 Å². The molecule has 0 aliphatic heterocycles. The van der Waals surface area contributed by atoms with Gasteiger partial charge in [0, 0.05) is 47.6 Å². The van der Waals surface area contributed by atoms with Crippen LogP contribution in [0.15, 0.2) is 60.7 Å². The molecule has 0 unspecified atom stereocenters. The van der Waals surface area contributed by atoms with Gasteiger partial charge in [-0.05, 0) is 74.7 Å². The summed E-state index contributed by atoms with van der Waals surface area (Å²) in [7, 11) is 0. The molecule has 0 saturated heterocycles. The van der Waals surface area contributed by atoms with Gasteiger partial charge in [0.2, 0.25) is 0 Å². The molecule has 3 rings (SSSR count). The van der Waals surface area contributed by atoms with Crippen LogP contribution in [0.1, 0.15) is 58.4 Å². The van der Waals surface area contributed by atoms with Crippen LogP contribution in [0.2, 0.25) is 0 Å². The Bertz CT molecular complexity index is 1150. The topological polar surface area (TPSA) is 115 Å². The molecule has 35 heavy (non-hydrogen) atoms. The highest BCUT2D eigenvalue weighted by Crippen LogP contribution is 2.23. The number of nitrogens with one attached hydrogen (secondary N) is 2. The molecule has 1 atom stereocenters. The molecule has 5 N–H and O–H groups in total. The number of rotatable bonds is 11. The standard InChI is InChI=1S/C28H35N3O4/c1-19-6-4-9-24(31-19)12-13-29-27(35)22-8-5-7-20(14-22)16-28(2,3)30-17-26(34)21-10-11-25(33)23(15-21)18-32/h4-11,14-15,26,30,32-34H,12-13,16-18H2,1-3H3,(H,29,35)/t26-/m1/s1. The highest BCUT2D eigenvalue weighted by molar-refractivity contribution is 5.94. The Labute approximate surface area is 206 Å². The minimum Gasteiger partial charge on any atom is -0.508 e. The number of amides is 1. The molecule has 0 saturated carbocycles. The highest BCUT2D eigenvalue weighted by Gasteiger charge is 2.21. The minimum absolute atomic E-state index is 0.00693. The molecule has 0 spiro atoms. The summed E-state index contributed by atoms with van der Waals surface area (Å²) in [6.07, 6.45) is 0.541. The third-order valence-corrected chi connectivity index (χ3v) is 5.88. The molecule has 3 aromatic rings. The van der Waals surface area contributed by atoms with Gasteiger partial charge in [-0.25, -0.2) is 0 Å². The molecule has 2 aromatic carbocycles. The van der Waals surface area contributed by atoms with Gasteiger partial charge in [-0.2, -0.15) is 0 Å². The summed E-state index contributed by atoms with van der Waals surface area (Å²) >= 11 is 0. The first-order valence-electron chi connectivity index (χ1n) is 11.8. The van der Waals surface area contributed by atoms with Gasteiger partial charge in [0.25, 0.3) is 5.91 Å². The van der Waals surface area contributed by atoms with Gasteiger partial charge in [0.15, 0.2) is 0 Å². The molecule has 186 valence electrons. The average Bonchev–Trinajstić information content (AvgIpc) is 2.83. The second kappa shape index (κ2) is 11.9. The molecule has 0 aliphatic carbocycles. The van der Waals surface area contributed by atoms with Crippen molar-refractivity contribution in [3.8, 4) is 5.75 Å². The fraction of sp³-hybridized carbons (Fsp3) is 0.357. The monoisotopic (exact) mass is 477 g/mol. The van der Waals surface area contributed by atoms with Crippen molar-refractivity contribution in [1.82, 2.24) is 15.6 Å². The third-order valence-electron chi connectivity index (χ3n) is 5.88. The zero-order valence-corrected chi connectivity index (χ0v) is 20.6. The van der Waals surface area contributed by atoms with E-state index in [-0.39, 0.29) is 23.8 Å². The van der Waals surface area contributed by atoms with E-state index in [1.54, 1.807) is 18.2 Å². The molecular weight excluding hydrogens is 442 g/mol. The van der Waals surface area contributed by atoms with Crippen LogP contribution in [0, 0.1) is 6.92 Å². The lowest BCUT2D eigenvalue weighted by molar-refractivity contribution is 0.0954. The number of aliphatic hydroxyl groups is 2. The Kier molecular flexibility index (Phi) is 8.98. The number of aliphatic hydroxyl groups excluding tert-OH is 2. The van der Waals surface area contributed by atoms with Crippen LogP contribution in [0.25, 0.3) is 0 Å². The number of carbonyl (C=O) groups is 1. The van der Waals surface area contributed by atoms with E-state index >= 15 is 0 Å². The molecule has 1 amide bonds. The van der Waals surface area contributed by atoms with E-state index in [0.29, 0.717) is 42.6 Å². The first-order valence-corrected chi connectivity index (χ1v) is 11.8. The highest BCUT2D eigenvalue weighted by atomic mass is 16.3. The zero-order valence-electron chi connectivity index (χ0n) is 20.6. The Morgan fingerprint density at radius 3 is 2.60 bits per heavy atom. The summed E-state index contributed by atoms with van der Waals surface area (Å²) in [5.41, 5.74) is 4.19. The van der Waals surface area contributed by atoms with Crippen molar-refractivity contribution in [1.29, 1.82) is 0 Å². The Morgan fingerprint density at radius 2 is 1.86 bits per heavy atom. The van der Waals surface area contributed by atoms with E-state index < -0.39 is 6.10 Å². The Morgan fingerprint density at radius 1 is 1.09 bits per heavy atom. The zero-order chi connectivity index (χ0) is 25.4. The van der Waals surface area contributed by atoms with Crippen LogP contribution in [-0.2, 0) is 19.4 Å². The normalized spacial score (nSPS) is 12.4. The Balaban J connectivity index is 1.53. The SMILES string of the molecule is Cc1cccc(CCNC(=O)c2cccc(CC(C)(C)NC[C@@H](O)c3ccc(O)c(CO)c3)c2)n1. The van der Waals surface area contributed by atoms with Crippen LogP contribution >= 0.6 is 0 Å². The lowest BCUT2D eigenvalue weighted by Gasteiger charge is -2.28. The molecule has 1 heterocycles. The maximum absolute atomic E-state index is 12.7. The molecule has 0 bridgehead atoms. The van der Waals surface area contributed by atoms with Crippen molar-refractivity contribution in [3.05, 3.63) is 94.3 Å². The molecular formula is C28H35N3O4. The summed E-state index contributed by atoms with van der Waals surface area (Å²) in [4.78, 5) is 17.1. The fourth-order valence-electron chi connectivity index (χ4n) is 3.97. The number of phenols is 1. The summed E-state index contributed by atoms with van der Waals surface area (Å²) in [5.74, 6) is -0.111. The summed E-state index contributed by atoms with van der Waals surface area (Å²) in [6.45, 7) is 6.55. The van der Waals surface area contributed by atoms with Crippen molar-refractivity contribution in [2.24, 2.45) is 0 Å². The third kappa shape index (κ3) is 7.89. The lowest BCUT2D eigenvalue weighted by atomic mass is 9.93. The lowest BCUT2D eigenvalue weighted by Crippen LogP contribution is -2.43. The number of aryl methyl sites for hydroxylation is 1. The number of carbonyl (C=O) groups excluding carboxylic acids is 1. The molecule has 7 nitrogen and oxygen atoms in total. The van der Waals surface area contributed by atoms with Gasteiger partial charge in [0.1, 0.15) is 5.75 Å². The van der Waals surface area contributed by atoms with Crippen molar-refractivity contribution in [2.45, 2.75) is 51.9 Å². The van der Waals surface area contributed by atoms with Crippen molar-refractivity contribution >= 4 is 5.91 Å². The number of pyridine rings is 1. The van der Waals surface area contributed by atoms with Crippen LogP contribution < -0.4 is 10.6 Å². The second-order valence-electron chi connectivity index (χ2n) is 9.48. The number of nitrogens with zero attached hydrogens (tertiary/aromatic N) is 1. The van der Waals surface area contributed by atoms with Gasteiger partial charge < -0.3 is 26.0 Å². The number of aromatic nitrogens is 1. The van der Waals surface area contributed by atoms with E-state index in [1.165, 1.54) is 6.07 Å². The van der Waals surface area contributed by atoms with Gasteiger partial charge in [0.05, 0.1) is 12.7 Å². The van der Waals surface area contributed by atoms with E-state index in [2.05, 4.69) is 15.6 Å². The van der Waals surface area contributed by atoms with Gasteiger partial charge >= 0.3 is 0 Å². The maximum atomic E-state index is 12.7. The van der Waals surface area contributed by atoms with E-state index in [1.807, 2.05) is 57.2 Å². The quantitative estimate of drug-likeness (QED) is 0.290. The second-order valence-corrected chi connectivity index (χ2v) is 9.48. The fourth-order valence-corrected chi connectivity index (χ4v) is 3.97. The summed E-state index contributed by atoms with van der Waals surface area (Å²) in [6, 6.07) is 18.2. The van der Waals surface area contributed by atoms with Crippen molar-refractivity contribution < 1.29 is 20.1 Å². The first-order chi connectivity index (χ1) is 16.7. The van der Waals surface area contributed by atoms with Gasteiger partial charge in [-0.3, -0.25) is 9.78 Å². The predicted octanol–water partition coefficient (Wildman–Crippen LogP) is 3.20. The molecule has 0 fully saturated rings. The summed E-state index contributed by atoms with van der Waals surface area (Å²) < 4.78 is 0. The Hall–Kier alpha value is -3.26. The van der Waals surface area contributed by atoms with Crippen LogP contribution in [0.3, 0.4) is 0 Å². The molecule has 0 radical (unpaired) electrons. The predicted molar refractivity (Wildman–Crippen MR) is 136 cm³/mol. The molecule has 7 heteroatoms. The van der Waals surface area contributed by atoms with E-state index in [9.17, 15) is 20.1 Å². The van der Waals surface area contributed by atoms with Crippen LogP contribution in [0.4, 0.5) is 0 Å². The van der Waals surface area contributed by atoms with E-state index in [4.69, 9.17) is 0 Å². The largest absolute Gasteiger partial charge is 0.508 e. The minimum atomic E-state index is -0.792. The van der Waals surface area contributed by atoms with E-state index in [0.717, 1.165) is 17.0 Å². The maximum Gasteiger partial charge on any atom is 0.251 e. The first kappa shape index (κ1) is 26.3. The summed E-state index contributed by atoms with van der Waals surface area (Å²) in [5, 5.41) is 36.0. The number of hydrogen-bond acceptors (Lipinski definition) is 6. The van der Waals surface area contributed by atoms with Crippen LogP contribution in [-0.4, -0.2) is 44.8 Å². The number of aromatic hydroxyl groups is 1. The van der Waals surface area contributed by atoms with Crippen molar-refractivity contribution in [2.75, 3.05) is 13.1 Å². The number of benzene rings is 2. The molecule has 0 aliphatic rings. The number of hydrogen-bond donors (Lipinski definition) is 5. The smallest absolute Gasteiger partial charge is 0.251 e. The van der Waals surface area contributed by atoms with Crippen LogP contribution in [0.5, 0.6) is 5.75 Å². The molecule has 1 aromatic heterocycles.